The molecule has 1 aliphatic rings. The van der Waals surface area contributed by atoms with Crippen LogP contribution in [0.15, 0.2) is 17.8 Å². The van der Waals surface area contributed by atoms with E-state index in [2.05, 4.69) is 33.7 Å². The van der Waals surface area contributed by atoms with Gasteiger partial charge in [0.05, 0.1) is 11.5 Å². The van der Waals surface area contributed by atoms with Crippen molar-refractivity contribution in [2.75, 3.05) is 18.5 Å². The summed E-state index contributed by atoms with van der Waals surface area (Å²) in [6, 6.07) is 2.07. The maximum absolute atomic E-state index is 5.70. The maximum atomic E-state index is 5.70. The first-order valence-corrected chi connectivity index (χ1v) is 7.30. The van der Waals surface area contributed by atoms with Crippen LogP contribution in [0, 0.1) is 5.92 Å². The lowest BCUT2D eigenvalue weighted by Gasteiger charge is -2.17. The molecule has 1 N–H and O–H groups in total. The van der Waals surface area contributed by atoms with Gasteiger partial charge >= 0.3 is 0 Å². The fraction of sp³-hybridized carbons (Fsp3) is 0.538. The first kappa shape index (κ1) is 11.9. The average molecular weight is 263 g/mol. The minimum absolute atomic E-state index is 0.400. The number of hydrogen-bond donors (Lipinski definition) is 1. The van der Waals surface area contributed by atoms with Gasteiger partial charge < -0.3 is 10.1 Å². The van der Waals surface area contributed by atoms with E-state index in [0.29, 0.717) is 12.0 Å². The molecule has 96 valence electrons. The van der Waals surface area contributed by atoms with Gasteiger partial charge in [0.1, 0.15) is 17.0 Å². The van der Waals surface area contributed by atoms with E-state index in [4.69, 9.17) is 4.74 Å². The Bertz CT molecular complexity index is 528. The maximum Gasteiger partial charge on any atom is 0.138 e. The molecule has 5 heteroatoms. The molecule has 1 aliphatic heterocycles. The molecular formula is C13H17N3OS. The SMILES string of the molecule is CCC1OCCC1CNc1ncnc2sccc12. The number of nitrogens with zero attached hydrogens (tertiary/aromatic N) is 2. The second kappa shape index (κ2) is 5.20. The van der Waals surface area contributed by atoms with Gasteiger partial charge in [0.2, 0.25) is 0 Å². The van der Waals surface area contributed by atoms with Crippen LogP contribution in [0.1, 0.15) is 19.8 Å². The van der Waals surface area contributed by atoms with E-state index in [1.165, 1.54) is 0 Å². The number of nitrogens with one attached hydrogen (secondary N) is 1. The molecule has 0 aromatic carbocycles. The van der Waals surface area contributed by atoms with Crippen molar-refractivity contribution in [3.63, 3.8) is 0 Å². The van der Waals surface area contributed by atoms with Crippen molar-refractivity contribution in [2.45, 2.75) is 25.9 Å². The summed E-state index contributed by atoms with van der Waals surface area (Å²) in [6.07, 6.45) is 4.26. The van der Waals surface area contributed by atoms with Gasteiger partial charge in [-0.3, -0.25) is 0 Å². The number of fused-ring (bicyclic) bond motifs is 1. The Kier molecular flexibility index (Phi) is 3.43. The predicted molar refractivity (Wildman–Crippen MR) is 74.0 cm³/mol. The summed E-state index contributed by atoms with van der Waals surface area (Å²) in [7, 11) is 0. The summed E-state index contributed by atoms with van der Waals surface area (Å²) in [5.74, 6) is 1.54. The molecule has 2 atom stereocenters. The molecule has 2 aromatic rings. The molecule has 3 rings (SSSR count). The van der Waals surface area contributed by atoms with Crippen molar-refractivity contribution < 1.29 is 4.74 Å². The highest BCUT2D eigenvalue weighted by molar-refractivity contribution is 7.16. The number of hydrogen-bond acceptors (Lipinski definition) is 5. The minimum atomic E-state index is 0.400. The summed E-state index contributed by atoms with van der Waals surface area (Å²) in [5.41, 5.74) is 0. The third-order valence-corrected chi connectivity index (χ3v) is 4.36. The van der Waals surface area contributed by atoms with Crippen LogP contribution in [-0.4, -0.2) is 29.2 Å². The van der Waals surface area contributed by atoms with E-state index in [0.717, 1.165) is 42.0 Å². The molecule has 0 aliphatic carbocycles. The summed E-state index contributed by atoms with van der Waals surface area (Å²) >= 11 is 1.65. The first-order chi connectivity index (χ1) is 8.88. The monoisotopic (exact) mass is 263 g/mol. The molecule has 0 bridgehead atoms. The Morgan fingerprint density at radius 3 is 3.33 bits per heavy atom. The largest absolute Gasteiger partial charge is 0.378 e. The van der Waals surface area contributed by atoms with Crippen LogP contribution in [0.3, 0.4) is 0 Å². The van der Waals surface area contributed by atoms with Gasteiger partial charge in [-0.05, 0) is 24.3 Å². The molecule has 0 saturated carbocycles. The molecule has 1 fully saturated rings. The van der Waals surface area contributed by atoms with E-state index in [1.807, 2.05) is 0 Å². The van der Waals surface area contributed by atoms with E-state index in [9.17, 15) is 0 Å². The fourth-order valence-electron chi connectivity index (χ4n) is 2.54. The molecule has 0 radical (unpaired) electrons. The third-order valence-electron chi connectivity index (χ3n) is 3.54. The molecule has 1 saturated heterocycles. The molecule has 4 nitrogen and oxygen atoms in total. The standard InChI is InChI=1S/C13H17N3OS/c1-2-11-9(3-5-17-11)7-14-12-10-4-6-18-13(10)16-8-15-12/h4,6,8-9,11H,2-3,5,7H2,1H3,(H,14,15,16). The van der Waals surface area contributed by atoms with Gasteiger partial charge in [-0.15, -0.1) is 11.3 Å². The Morgan fingerprint density at radius 1 is 1.50 bits per heavy atom. The molecule has 2 unspecified atom stereocenters. The summed E-state index contributed by atoms with van der Waals surface area (Å²) < 4.78 is 5.70. The van der Waals surface area contributed by atoms with Gasteiger partial charge in [0, 0.05) is 19.1 Å². The summed E-state index contributed by atoms with van der Waals surface area (Å²) in [5, 5.41) is 6.63. The van der Waals surface area contributed by atoms with Gasteiger partial charge in [-0.1, -0.05) is 6.92 Å². The van der Waals surface area contributed by atoms with Crippen molar-refractivity contribution in [3.8, 4) is 0 Å². The zero-order chi connectivity index (χ0) is 12.4. The van der Waals surface area contributed by atoms with Crippen LogP contribution in [0.4, 0.5) is 5.82 Å². The highest BCUT2D eigenvalue weighted by Crippen LogP contribution is 2.26. The van der Waals surface area contributed by atoms with Crippen LogP contribution < -0.4 is 5.32 Å². The molecule has 18 heavy (non-hydrogen) atoms. The Morgan fingerprint density at radius 2 is 2.44 bits per heavy atom. The average Bonchev–Trinajstić information content (AvgIpc) is 3.04. The van der Waals surface area contributed by atoms with Crippen LogP contribution in [-0.2, 0) is 4.74 Å². The van der Waals surface area contributed by atoms with Crippen molar-refractivity contribution in [3.05, 3.63) is 17.8 Å². The Hall–Kier alpha value is -1.20. The molecule has 3 heterocycles. The quantitative estimate of drug-likeness (QED) is 0.921. The van der Waals surface area contributed by atoms with Crippen LogP contribution in [0.2, 0.25) is 0 Å². The van der Waals surface area contributed by atoms with E-state index >= 15 is 0 Å². The number of aromatic nitrogens is 2. The van der Waals surface area contributed by atoms with Crippen LogP contribution in [0.5, 0.6) is 0 Å². The normalized spacial score (nSPS) is 23.6. The number of ether oxygens (including phenoxy) is 1. The van der Waals surface area contributed by atoms with Crippen molar-refractivity contribution in [1.29, 1.82) is 0 Å². The second-order valence-corrected chi connectivity index (χ2v) is 5.50. The van der Waals surface area contributed by atoms with E-state index in [-0.39, 0.29) is 0 Å². The van der Waals surface area contributed by atoms with Gasteiger partial charge in [0.15, 0.2) is 0 Å². The first-order valence-electron chi connectivity index (χ1n) is 6.42. The third kappa shape index (κ3) is 2.20. The lowest BCUT2D eigenvalue weighted by molar-refractivity contribution is 0.0900. The number of anilines is 1. The zero-order valence-electron chi connectivity index (χ0n) is 10.4. The highest BCUT2D eigenvalue weighted by atomic mass is 32.1. The van der Waals surface area contributed by atoms with Gasteiger partial charge in [0.25, 0.3) is 0 Å². The molecule has 2 aromatic heterocycles. The van der Waals surface area contributed by atoms with Crippen LogP contribution in [0.25, 0.3) is 10.2 Å². The molecule has 0 spiro atoms. The van der Waals surface area contributed by atoms with E-state index < -0.39 is 0 Å². The second-order valence-electron chi connectivity index (χ2n) is 4.61. The number of rotatable bonds is 4. The van der Waals surface area contributed by atoms with Gasteiger partial charge in [-0.25, -0.2) is 9.97 Å². The van der Waals surface area contributed by atoms with Crippen molar-refractivity contribution in [2.24, 2.45) is 5.92 Å². The summed E-state index contributed by atoms with van der Waals surface area (Å²) in [4.78, 5) is 9.63. The Balaban J connectivity index is 1.71. The van der Waals surface area contributed by atoms with E-state index in [1.54, 1.807) is 17.7 Å². The molecular weight excluding hydrogens is 246 g/mol. The van der Waals surface area contributed by atoms with Crippen molar-refractivity contribution in [1.82, 2.24) is 9.97 Å². The van der Waals surface area contributed by atoms with Gasteiger partial charge in [-0.2, -0.15) is 0 Å². The summed E-state index contributed by atoms with van der Waals surface area (Å²) in [6.45, 7) is 4.01. The van der Waals surface area contributed by atoms with Crippen molar-refractivity contribution >= 4 is 27.4 Å². The lowest BCUT2D eigenvalue weighted by atomic mass is 10.00. The predicted octanol–water partition coefficient (Wildman–Crippen LogP) is 2.92. The lowest BCUT2D eigenvalue weighted by Crippen LogP contribution is -2.23. The fourth-order valence-corrected chi connectivity index (χ4v) is 3.27. The van der Waals surface area contributed by atoms with Crippen LogP contribution >= 0.6 is 11.3 Å². The zero-order valence-corrected chi connectivity index (χ0v) is 11.2. The smallest absolute Gasteiger partial charge is 0.138 e. The Labute approximate surface area is 110 Å². The number of thiophene rings is 1. The highest BCUT2D eigenvalue weighted by Gasteiger charge is 2.26. The minimum Gasteiger partial charge on any atom is -0.378 e. The topological polar surface area (TPSA) is 47.0 Å². The molecule has 0 amide bonds.